The Morgan fingerprint density at radius 3 is 2.67 bits per heavy atom. The lowest BCUT2D eigenvalue weighted by Gasteiger charge is -2.13. The maximum absolute atomic E-state index is 11.3. The Hall–Kier alpha value is -1.77. The van der Waals surface area contributed by atoms with E-state index in [9.17, 15) is 9.59 Å². The average Bonchev–Trinajstić information content (AvgIpc) is 2.33. The van der Waals surface area contributed by atoms with Crippen molar-refractivity contribution in [3.63, 3.8) is 0 Å². The minimum absolute atomic E-state index is 0.0781. The lowest BCUT2D eigenvalue weighted by molar-refractivity contribution is -0.143. The molecule has 0 saturated heterocycles. The van der Waals surface area contributed by atoms with Crippen LogP contribution in [0.4, 0.5) is 4.79 Å². The summed E-state index contributed by atoms with van der Waals surface area (Å²) in [6.45, 7) is 2.83. The van der Waals surface area contributed by atoms with Crippen LogP contribution in [-0.2, 0) is 9.53 Å². The summed E-state index contributed by atoms with van der Waals surface area (Å²) >= 11 is 0. The molecule has 102 valence electrons. The van der Waals surface area contributed by atoms with Gasteiger partial charge in [-0.2, -0.15) is 5.26 Å². The van der Waals surface area contributed by atoms with E-state index in [-0.39, 0.29) is 18.5 Å². The predicted molar refractivity (Wildman–Crippen MR) is 66.7 cm³/mol. The number of carbonyl (C=O) groups is 2. The minimum Gasteiger partial charge on any atom is -0.466 e. The third kappa shape index (κ3) is 8.39. The molecule has 6 nitrogen and oxygen atoms in total. The fourth-order valence-electron chi connectivity index (χ4n) is 1.31. The molecule has 0 aliphatic rings. The quantitative estimate of drug-likeness (QED) is 0.402. The standard InChI is InChI=1S/C12H21N3O3/c1-3-18-11(16)7-5-4-6-9-14-12(17)15(2)10-8-13/h3-7,9-10H2,1-2H3,(H,14,17). The van der Waals surface area contributed by atoms with Gasteiger partial charge < -0.3 is 15.0 Å². The summed E-state index contributed by atoms with van der Waals surface area (Å²) in [5, 5.41) is 11.1. The molecule has 0 aliphatic carbocycles. The van der Waals surface area contributed by atoms with Crippen LogP contribution in [0, 0.1) is 11.3 Å². The molecule has 0 atom stereocenters. The Bertz CT molecular complexity index is 299. The molecule has 0 saturated carbocycles. The molecule has 0 bridgehead atoms. The van der Waals surface area contributed by atoms with Gasteiger partial charge in [0.05, 0.1) is 12.7 Å². The fraction of sp³-hybridized carbons (Fsp3) is 0.750. The summed E-state index contributed by atoms with van der Waals surface area (Å²) in [5.41, 5.74) is 0. The number of nitrogens with zero attached hydrogens (tertiary/aromatic N) is 2. The SMILES string of the molecule is CCOC(=O)CCCCCNC(=O)N(C)CC#N. The molecule has 2 amide bonds. The van der Waals surface area contributed by atoms with Crippen molar-refractivity contribution in [2.75, 3.05) is 26.7 Å². The highest BCUT2D eigenvalue weighted by Gasteiger charge is 2.06. The smallest absolute Gasteiger partial charge is 0.317 e. The number of ether oxygens (including phenoxy) is 1. The van der Waals surface area contributed by atoms with E-state index in [1.54, 1.807) is 14.0 Å². The van der Waals surface area contributed by atoms with E-state index in [0.29, 0.717) is 19.6 Å². The Balaban J connectivity index is 3.43. The summed E-state index contributed by atoms with van der Waals surface area (Å²) in [5.74, 6) is -0.171. The number of carbonyl (C=O) groups excluding carboxylic acids is 2. The van der Waals surface area contributed by atoms with Gasteiger partial charge in [0.1, 0.15) is 6.54 Å². The number of hydrogen-bond donors (Lipinski definition) is 1. The molecule has 0 aromatic rings. The molecule has 0 rings (SSSR count). The largest absolute Gasteiger partial charge is 0.466 e. The first kappa shape index (κ1) is 16.2. The van der Waals surface area contributed by atoms with Crippen LogP contribution in [0.5, 0.6) is 0 Å². The summed E-state index contributed by atoms with van der Waals surface area (Å²) in [7, 11) is 1.57. The van der Waals surface area contributed by atoms with Crippen LogP contribution in [0.3, 0.4) is 0 Å². The molecule has 0 heterocycles. The normalized spacial score (nSPS) is 9.39. The number of rotatable bonds is 8. The fourth-order valence-corrected chi connectivity index (χ4v) is 1.31. The van der Waals surface area contributed by atoms with Gasteiger partial charge in [0.15, 0.2) is 0 Å². The second-order valence-electron chi connectivity index (χ2n) is 3.86. The monoisotopic (exact) mass is 255 g/mol. The van der Waals surface area contributed by atoms with Crippen LogP contribution in [0.15, 0.2) is 0 Å². The van der Waals surface area contributed by atoms with Gasteiger partial charge in [0, 0.05) is 20.0 Å². The maximum Gasteiger partial charge on any atom is 0.317 e. The van der Waals surface area contributed by atoms with Crippen LogP contribution in [0.2, 0.25) is 0 Å². The third-order valence-electron chi connectivity index (χ3n) is 2.29. The van der Waals surface area contributed by atoms with Gasteiger partial charge in [-0.15, -0.1) is 0 Å². The highest BCUT2D eigenvalue weighted by atomic mass is 16.5. The summed E-state index contributed by atoms with van der Waals surface area (Å²) in [6, 6.07) is 1.65. The van der Waals surface area contributed by atoms with E-state index in [0.717, 1.165) is 19.3 Å². The van der Waals surface area contributed by atoms with E-state index in [1.807, 2.05) is 6.07 Å². The summed E-state index contributed by atoms with van der Waals surface area (Å²) in [4.78, 5) is 23.7. The second-order valence-corrected chi connectivity index (χ2v) is 3.86. The topological polar surface area (TPSA) is 82.4 Å². The molecule has 0 aliphatic heterocycles. The number of nitriles is 1. The number of urea groups is 1. The zero-order chi connectivity index (χ0) is 13.8. The Labute approximate surface area is 108 Å². The number of hydrogen-bond acceptors (Lipinski definition) is 4. The van der Waals surface area contributed by atoms with Crippen molar-refractivity contribution < 1.29 is 14.3 Å². The first-order valence-electron chi connectivity index (χ1n) is 6.13. The van der Waals surface area contributed by atoms with Crippen LogP contribution < -0.4 is 5.32 Å². The first-order valence-corrected chi connectivity index (χ1v) is 6.13. The zero-order valence-corrected chi connectivity index (χ0v) is 11.1. The van der Waals surface area contributed by atoms with Crippen LogP contribution in [0.25, 0.3) is 0 Å². The Morgan fingerprint density at radius 1 is 1.33 bits per heavy atom. The zero-order valence-electron chi connectivity index (χ0n) is 11.1. The summed E-state index contributed by atoms with van der Waals surface area (Å²) in [6.07, 6.45) is 2.87. The van der Waals surface area contributed by atoms with E-state index in [1.165, 1.54) is 4.90 Å². The lowest BCUT2D eigenvalue weighted by Crippen LogP contribution is -2.37. The van der Waals surface area contributed by atoms with Crippen LogP contribution in [-0.4, -0.2) is 43.6 Å². The van der Waals surface area contributed by atoms with Gasteiger partial charge in [-0.1, -0.05) is 6.42 Å². The number of esters is 1. The summed E-state index contributed by atoms with van der Waals surface area (Å²) < 4.78 is 4.80. The highest BCUT2D eigenvalue weighted by molar-refractivity contribution is 5.74. The number of amides is 2. The van der Waals surface area contributed by atoms with Gasteiger partial charge in [0.25, 0.3) is 0 Å². The predicted octanol–water partition coefficient (Wildman–Crippen LogP) is 1.27. The van der Waals surface area contributed by atoms with Crippen LogP contribution in [0.1, 0.15) is 32.6 Å². The van der Waals surface area contributed by atoms with Gasteiger partial charge in [-0.25, -0.2) is 4.79 Å². The van der Waals surface area contributed by atoms with Crippen molar-refractivity contribution in [2.45, 2.75) is 32.6 Å². The molecule has 0 aromatic heterocycles. The lowest BCUT2D eigenvalue weighted by atomic mass is 10.2. The molecule has 0 fully saturated rings. The highest BCUT2D eigenvalue weighted by Crippen LogP contribution is 2.00. The molecule has 0 aromatic carbocycles. The molecule has 0 spiro atoms. The number of nitrogens with one attached hydrogen (secondary N) is 1. The van der Waals surface area contributed by atoms with E-state index < -0.39 is 0 Å². The average molecular weight is 255 g/mol. The maximum atomic E-state index is 11.3. The van der Waals surface area contributed by atoms with E-state index >= 15 is 0 Å². The van der Waals surface area contributed by atoms with E-state index in [2.05, 4.69) is 5.32 Å². The molecule has 6 heteroatoms. The Kier molecular flexibility index (Phi) is 9.37. The molecular weight excluding hydrogens is 234 g/mol. The molecule has 1 N–H and O–H groups in total. The van der Waals surface area contributed by atoms with Crippen LogP contribution >= 0.6 is 0 Å². The Morgan fingerprint density at radius 2 is 2.06 bits per heavy atom. The van der Waals surface area contributed by atoms with Crippen molar-refractivity contribution >= 4 is 12.0 Å². The van der Waals surface area contributed by atoms with Gasteiger partial charge in [-0.3, -0.25) is 4.79 Å². The molecule has 0 radical (unpaired) electrons. The first-order chi connectivity index (χ1) is 8.61. The molecule has 18 heavy (non-hydrogen) atoms. The molecular formula is C12H21N3O3. The third-order valence-corrected chi connectivity index (χ3v) is 2.29. The number of unbranched alkanes of at least 4 members (excludes halogenated alkanes) is 2. The molecule has 0 unspecified atom stereocenters. The second kappa shape index (κ2) is 10.4. The van der Waals surface area contributed by atoms with Gasteiger partial charge >= 0.3 is 12.0 Å². The van der Waals surface area contributed by atoms with Crippen molar-refractivity contribution in [3.8, 4) is 6.07 Å². The van der Waals surface area contributed by atoms with E-state index in [4.69, 9.17) is 10.00 Å². The van der Waals surface area contributed by atoms with Crippen molar-refractivity contribution in [1.29, 1.82) is 5.26 Å². The van der Waals surface area contributed by atoms with Crippen molar-refractivity contribution in [2.24, 2.45) is 0 Å². The minimum atomic E-state index is -0.248. The van der Waals surface area contributed by atoms with Crippen molar-refractivity contribution in [1.82, 2.24) is 10.2 Å². The van der Waals surface area contributed by atoms with Gasteiger partial charge in [-0.05, 0) is 19.8 Å². The van der Waals surface area contributed by atoms with Gasteiger partial charge in [0.2, 0.25) is 0 Å². The van der Waals surface area contributed by atoms with Crippen molar-refractivity contribution in [3.05, 3.63) is 0 Å².